The summed E-state index contributed by atoms with van der Waals surface area (Å²) in [6.45, 7) is 0. The van der Waals surface area contributed by atoms with E-state index in [1.54, 1.807) is 6.07 Å². The average molecular weight is 474 g/mol. The second-order valence-electron chi connectivity index (χ2n) is 8.72. The molecule has 2 heterocycles. The molecule has 0 aliphatic carbocycles. The molecule has 37 heavy (non-hydrogen) atoms. The van der Waals surface area contributed by atoms with E-state index < -0.39 is 0 Å². The summed E-state index contributed by atoms with van der Waals surface area (Å²) < 4.78 is 5.92. The van der Waals surface area contributed by atoms with Gasteiger partial charge in [-0.25, -0.2) is 0 Å². The molecule has 6 aromatic rings. The van der Waals surface area contributed by atoms with Crippen LogP contribution >= 0.6 is 0 Å². The maximum atomic E-state index is 13.4. The summed E-state index contributed by atoms with van der Waals surface area (Å²) in [4.78, 5) is 7.63. The number of aromatic nitrogens is 1. The number of nitrogens with one attached hydrogen (secondary N) is 1. The molecule has 6 heteroatoms. The zero-order chi connectivity index (χ0) is 24.1. The molecule has 1 aliphatic rings. The Hall–Kier alpha value is -4.43. The van der Waals surface area contributed by atoms with Crippen LogP contribution in [0.5, 0.6) is 5.75 Å². The number of para-hydroxylation sites is 7. The summed E-state index contributed by atoms with van der Waals surface area (Å²) in [6.07, 6.45) is 0. The number of anilines is 6. The number of benzene rings is 5. The van der Waals surface area contributed by atoms with Crippen molar-refractivity contribution in [3.63, 3.8) is 0 Å². The van der Waals surface area contributed by atoms with Crippen molar-refractivity contribution in [2.24, 2.45) is 0 Å². The Labute approximate surface area is 226 Å². The van der Waals surface area contributed by atoms with Crippen molar-refractivity contribution in [3.8, 4) is 17.2 Å². The number of oxazole rings is 1. The van der Waals surface area contributed by atoms with E-state index >= 15 is 0 Å². The predicted octanol–water partition coefficient (Wildman–Crippen LogP) is 4.24. The molecule has 0 radical (unpaired) electrons. The predicted molar refractivity (Wildman–Crippen MR) is 141 cm³/mol. The number of fused-ring (bicyclic) bond motifs is 3. The topological polar surface area (TPSA) is 56.8 Å². The molecule has 5 nitrogen and oxygen atoms in total. The first-order valence-corrected chi connectivity index (χ1v) is 11.8. The van der Waals surface area contributed by atoms with Gasteiger partial charge in [0.2, 0.25) is 11.1 Å². The second-order valence-corrected chi connectivity index (χ2v) is 8.72. The van der Waals surface area contributed by atoms with E-state index in [-0.39, 0.29) is 24.6 Å². The summed E-state index contributed by atoms with van der Waals surface area (Å²) in [5.74, 6) is 0.353. The third-order valence-corrected chi connectivity index (χ3v) is 6.56. The molecule has 1 aliphatic heterocycles. The smallest absolute Gasteiger partial charge is 0.872 e. The minimum absolute atomic E-state index is 0. The Morgan fingerprint density at radius 1 is 0.568 bits per heavy atom. The van der Waals surface area contributed by atoms with Crippen LogP contribution in [0.1, 0.15) is 0 Å². The van der Waals surface area contributed by atoms with Gasteiger partial charge in [-0.1, -0.05) is 60.3 Å². The monoisotopic (exact) mass is 474 g/mol. The molecule has 0 amide bonds. The van der Waals surface area contributed by atoms with Gasteiger partial charge in [0.25, 0.3) is 0 Å². The van der Waals surface area contributed by atoms with Crippen molar-refractivity contribution < 1.29 is 33.4 Å². The van der Waals surface area contributed by atoms with Crippen LogP contribution in [0.25, 0.3) is 22.6 Å². The first-order valence-electron chi connectivity index (χ1n) is 11.8. The molecule has 5 aromatic carbocycles. The molecule has 7 rings (SSSR count). The van der Waals surface area contributed by atoms with E-state index in [2.05, 4.69) is 51.2 Å². The molecule has 1 aromatic heterocycles. The molecule has 0 saturated carbocycles. The van der Waals surface area contributed by atoms with Crippen molar-refractivity contribution in [2.75, 3.05) is 9.80 Å². The van der Waals surface area contributed by atoms with E-state index in [4.69, 9.17) is 4.42 Å². The largest absolute Gasteiger partial charge is 1.00 e. The molecule has 1 N–H and O–H groups in total. The van der Waals surface area contributed by atoms with E-state index in [0.717, 1.165) is 45.2 Å². The van der Waals surface area contributed by atoms with Crippen LogP contribution in [0.2, 0.25) is 0 Å². The first-order chi connectivity index (χ1) is 17.8. The van der Waals surface area contributed by atoms with Crippen LogP contribution in [0.3, 0.4) is 0 Å². The normalized spacial score (nSPS) is 12.1. The van der Waals surface area contributed by atoms with Gasteiger partial charge in [-0.2, -0.15) is 4.98 Å². The van der Waals surface area contributed by atoms with Crippen molar-refractivity contribution in [1.82, 2.24) is 0 Å². The summed E-state index contributed by atoms with van der Waals surface area (Å²) in [5.41, 5.74) is 8.05. The van der Waals surface area contributed by atoms with E-state index in [1.807, 2.05) is 78.9 Å². The molecule has 0 atom stereocenters. The zero-order valence-electron chi connectivity index (χ0n) is 20.3. The van der Waals surface area contributed by atoms with E-state index in [9.17, 15) is 5.11 Å². The van der Waals surface area contributed by atoms with E-state index in [1.165, 1.54) is 0 Å². The average Bonchev–Trinajstić information content (AvgIpc) is 3.36. The van der Waals surface area contributed by atoms with Gasteiger partial charge in [0.05, 0.1) is 28.3 Å². The van der Waals surface area contributed by atoms with Gasteiger partial charge in [-0.05, 0) is 60.7 Å². The summed E-state index contributed by atoms with van der Waals surface area (Å²) in [5, 5.41) is 13.4. The molecule has 0 bridgehead atoms. The molecular formula is C31H21LiN3O2+. The van der Waals surface area contributed by atoms with E-state index in [0.29, 0.717) is 11.5 Å². The number of hydrogen-bond acceptors (Lipinski definition) is 4. The summed E-state index contributed by atoms with van der Waals surface area (Å²) in [7, 11) is 0. The maximum Gasteiger partial charge on any atom is 1.00 e. The second kappa shape index (κ2) is 9.22. The molecule has 172 valence electrons. The zero-order valence-corrected chi connectivity index (χ0v) is 20.3. The van der Waals surface area contributed by atoms with Crippen molar-refractivity contribution in [2.45, 2.75) is 0 Å². The van der Waals surface area contributed by atoms with Gasteiger partial charge in [-0.3, -0.25) is 0 Å². The third-order valence-electron chi connectivity index (χ3n) is 6.56. The minimum Gasteiger partial charge on any atom is -0.872 e. The van der Waals surface area contributed by atoms with Crippen LogP contribution in [0.15, 0.2) is 126 Å². The van der Waals surface area contributed by atoms with Gasteiger partial charge in [-0.15, -0.1) is 0 Å². The number of H-pyrrole nitrogens is 1. The van der Waals surface area contributed by atoms with Crippen LogP contribution in [-0.4, -0.2) is 0 Å². The third kappa shape index (κ3) is 3.77. The van der Waals surface area contributed by atoms with Crippen LogP contribution in [-0.2, 0) is 0 Å². The van der Waals surface area contributed by atoms with Gasteiger partial charge in [0.1, 0.15) is 0 Å². The number of aromatic amines is 1. The Bertz CT molecular complexity index is 1650. The molecule has 0 unspecified atom stereocenters. The Kier molecular flexibility index (Phi) is 5.73. The Morgan fingerprint density at radius 3 is 1.70 bits per heavy atom. The number of hydrogen-bond donors (Lipinski definition) is 0. The fraction of sp³-hybridized carbons (Fsp3) is 0. The van der Waals surface area contributed by atoms with Crippen LogP contribution < -0.4 is 38.8 Å². The summed E-state index contributed by atoms with van der Waals surface area (Å²) in [6, 6.07) is 40.0. The molecular weight excluding hydrogens is 453 g/mol. The van der Waals surface area contributed by atoms with Gasteiger partial charge in [0.15, 0.2) is 0 Å². The molecule has 0 fully saturated rings. The Morgan fingerprint density at radius 2 is 1.11 bits per heavy atom. The standard InChI is InChI=1S/C31H21N3O2.Li/c35-29-20-22(18-19-23(29)31-32-24-12-4-9-17-30(24)36-31)34-27-15-7-5-13-25(27)33(21-10-2-1-3-11-21)26-14-6-8-16-28(26)34;/h1-20,35H;/q;+1. The fourth-order valence-electron chi connectivity index (χ4n) is 4.95. The quantitative estimate of drug-likeness (QED) is 0.360. The van der Waals surface area contributed by atoms with Gasteiger partial charge in [0, 0.05) is 17.4 Å². The van der Waals surface area contributed by atoms with Crippen LogP contribution in [0.4, 0.5) is 34.1 Å². The first kappa shape index (κ1) is 23.0. The number of nitrogens with zero attached hydrogens (tertiary/aromatic N) is 2. The fourth-order valence-corrected chi connectivity index (χ4v) is 4.95. The van der Waals surface area contributed by atoms with Crippen LogP contribution in [0, 0.1) is 0 Å². The number of rotatable bonds is 3. The minimum atomic E-state index is -0.108. The summed E-state index contributed by atoms with van der Waals surface area (Å²) >= 11 is 0. The molecule has 0 saturated heterocycles. The van der Waals surface area contributed by atoms with Gasteiger partial charge >= 0.3 is 24.8 Å². The maximum absolute atomic E-state index is 13.4. The SMILES string of the molecule is [Li+].[O-]c1cc(N2c3ccccc3N(c3ccccc3)c3ccccc32)ccc1-c1[nH+]c2ccccc2o1. The molecule has 0 spiro atoms. The Balaban J connectivity index is 0.00000252. The van der Waals surface area contributed by atoms with Crippen molar-refractivity contribution in [1.29, 1.82) is 0 Å². The van der Waals surface area contributed by atoms with Crippen molar-refractivity contribution in [3.05, 3.63) is 121 Å². The van der Waals surface area contributed by atoms with Crippen molar-refractivity contribution >= 4 is 45.2 Å². The van der Waals surface area contributed by atoms with Gasteiger partial charge < -0.3 is 19.3 Å².